The van der Waals surface area contributed by atoms with E-state index in [4.69, 9.17) is 0 Å². The maximum atomic E-state index is 13.0. The summed E-state index contributed by atoms with van der Waals surface area (Å²) in [6.45, 7) is 8.96. The van der Waals surface area contributed by atoms with Gasteiger partial charge in [0.1, 0.15) is 5.69 Å². The summed E-state index contributed by atoms with van der Waals surface area (Å²) >= 11 is 0. The van der Waals surface area contributed by atoms with E-state index in [1.807, 2.05) is 66.1 Å². The van der Waals surface area contributed by atoms with Gasteiger partial charge in [-0.1, -0.05) is 36.9 Å². The van der Waals surface area contributed by atoms with Crippen molar-refractivity contribution < 1.29 is 9.59 Å². The summed E-state index contributed by atoms with van der Waals surface area (Å²) in [4.78, 5) is 33.3. The highest BCUT2D eigenvalue weighted by molar-refractivity contribution is 5.93. The molecule has 1 fully saturated rings. The molecule has 27 heavy (non-hydrogen) atoms. The molecule has 0 unspecified atom stereocenters. The van der Waals surface area contributed by atoms with Crippen LogP contribution in [0.15, 0.2) is 55.1 Å². The summed E-state index contributed by atoms with van der Waals surface area (Å²) in [5, 5.41) is 0. The SMILES string of the molecule is C=CC(=O)N1CCN(C(=O)c2cc(C)cc(C)n2)C[C@@H]1Cc1ccccc1. The predicted octanol–water partition coefficient (Wildman–Crippen LogP) is 2.78. The first-order chi connectivity index (χ1) is 13.0. The lowest BCUT2D eigenvalue weighted by molar-refractivity contribution is -0.130. The highest BCUT2D eigenvalue weighted by Gasteiger charge is 2.32. The van der Waals surface area contributed by atoms with Crippen molar-refractivity contribution in [2.75, 3.05) is 19.6 Å². The molecular formula is C22H25N3O2. The Morgan fingerprint density at radius 2 is 1.93 bits per heavy atom. The van der Waals surface area contributed by atoms with Crippen molar-refractivity contribution in [3.63, 3.8) is 0 Å². The maximum Gasteiger partial charge on any atom is 0.272 e. The molecule has 0 bridgehead atoms. The van der Waals surface area contributed by atoms with Crippen LogP contribution in [0.25, 0.3) is 0 Å². The zero-order valence-electron chi connectivity index (χ0n) is 15.9. The number of amides is 2. The highest BCUT2D eigenvalue weighted by Crippen LogP contribution is 2.18. The van der Waals surface area contributed by atoms with E-state index < -0.39 is 0 Å². The second kappa shape index (κ2) is 8.16. The number of piperazine rings is 1. The normalized spacial score (nSPS) is 16.9. The average Bonchev–Trinajstić information content (AvgIpc) is 2.67. The van der Waals surface area contributed by atoms with Crippen LogP contribution in [0.3, 0.4) is 0 Å². The van der Waals surface area contributed by atoms with Crippen molar-refractivity contribution >= 4 is 11.8 Å². The lowest BCUT2D eigenvalue weighted by atomic mass is 10.0. The summed E-state index contributed by atoms with van der Waals surface area (Å²) in [5.41, 5.74) is 3.46. The quantitative estimate of drug-likeness (QED) is 0.785. The number of pyridine rings is 1. The number of aryl methyl sites for hydroxylation is 2. The first kappa shape index (κ1) is 18.8. The van der Waals surface area contributed by atoms with Crippen LogP contribution in [-0.4, -0.2) is 52.3 Å². The van der Waals surface area contributed by atoms with Crippen LogP contribution in [0.2, 0.25) is 0 Å². The Hall–Kier alpha value is -2.95. The van der Waals surface area contributed by atoms with E-state index in [0.717, 1.165) is 16.8 Å². The van der Waals surface area contributed by atoms with Crippen molar-refractivity contribution in [1.82, 2.24) is 14.8 Å². The number of carbonyl (C=O) groups excluding carboxylic acids is 2. The third-order valence-electron chi connectivity index (χ3n) is 4.86. The van der Waals surface area contributed by atoms with E-state index in [0.29, 0.717) is 31.7 Å². The molecule has 0 spiro atoms. The van der Waals surface area contributed by atoms with E-state index in [-0.39, 0.29) is 17.9 Å². The molecule has 0 N–H and O–H groups in total. The van der Waals surface area contributed by atoms with Crippen LogP contribution < -0.4 is 0 Å². The summed E-state index contributed by atoms with van der Waals surface area (Å²) in [6, 6.07) is 13.7. The fraction of sp³-hybridized carbons (Fsp3) is 0.318. The summed E-state index contributed by atoms with van der Waals surface area (Å²) in [5.74, 6) is -0.168. The molecule has 1 aromatic heterocycles. The van der Waals surface area contributed by atoms with E-state index >= 15 is 0 Å². The van der Waals surface area contributed by atoms with Gasteiger partial charge in [-0.15, -0.1) is 0 Å². The molecule has 1 aliphatic heterocycles. The topological polar surface area (TPSA) is 53.5 Å². The standard InChI is InChI=1S/C22H25N3O2/c1-4-21(26)25-11-10-24(15-19(25)14-18-8-6-5-7-9-18)22(27)20-13-16(2)12-17(3)23-20/h4-9,12-13,19H,1,10-11,14-15H2,2-3H3/t19-/m0/s1. The number of hydrogen-bond acceptors (Lipinski definition) is 3. The Morgan fingerprint density at radius 1 is 1.19 bits per heavy atom. The Labute approximate surface area is 160 Å². The molecule has 0 radical (unpaired) electrons. The first-order valence-corrected chi connectivity index (χ1v) is 9.19. The highest BCUT2D eigenvalue weighted by atomic mass is 16.2. The Kier molecular flexibility index (Phi) is 5.69. The minimum absolute atomic E-state index is 0.0782. The molecule has 3 rings (SSSR count). The van der Waals surface area contributed by atoms with Crippen LogP contribution in [0.1, 0.15) is 27.3 Å². The lowest BCUT2D eigenvalue weighted by Gasteiger charge is -2.41. The Bertz CT molecular complexity index is 828. The molecule has 0 saturated carbocycles. The van der Waals surface area contributed by atoms with Gasteiger partial charge >= 0.3 is 0 Å². The molecule has 1 aliphatic rings. The molecule has 0 aliphatic carbocycles. The number of rotatable bonds is 4. The molecule has 1 saturated heterocycles. The van der Waals surface area contributed by atoms with Gasteiger partial charge in [0.05, 0.1) is 6.04 Å². The fourth-order valence-corrected chi connectivity index (χ4v) is 3.62. The third kappa shape index (κ3) is 4.42. The van der Waals surface area contributed by atoms with Crippen LogP contribution >= 0.6 is 0 Å². The second-order valence-corrected chi connectivity index (χ2v) is 7.00. The minimum atomic E-state index is -0.0902. The molecule has 2 aromatic rings. The fourth-order valence-electron chi connectivity index (χ4n) is 3.62. The van der Waals surface area contributed by atoms with Crippen molar-refractivity contribution in [2.24, 2.45) is 0 Å². The van der Waals surface area contributed by atoms with Crippen LogP contribution in [0.5, 0.6) is 0 Å². The molecule has 2 heterocycles. The van der Waals surface area contributed by atoms with Crippen molar-refractivity contribution in [3.8, 4) is 0 Å². The minimum Gasteiger partial charge on any atom is -0.333 e. The zero-order valence-corrected chi connectivity index (χ0v) is 15.9. The summed E-state index contributed by atoms with van der Waals surface area (Å²) in [6.07, 6.45) is 2.05. The Morgan fingerprint density at radius 3 is 2.59 bits per heavy atom. The van der Waals surface area contributed by atoms with E-state index in [1.165, 1.54) is 6.08 Å². The van der Waals surface area contributed by atoms with E-state index in [9.17, 15) is 9.59 Å². The molecular weight excluding hydrogens is 338 g/mol. The van der Waals surface area contributed by atoms with E-state index in [1.54, 1.807) is 0 Å². The smallest absolute Gasteiger partial charge is 0.272 e. The summed E-state index contributed by atoms with van der Waals surface area (Å²) in [7, 11) is 0. The molecule has 1 aromatic carbocycles. The number of hydrogen-bond donors (Lipinski definition) is 0. The van der Waals surface area contributed by atoms with Gasteiger partial charge in [-0.2, -0.15) is 0 Å². The van der Waals surface area contributed by atoms with Crippen LogP contribution in [-0.2, 0) is 11.2 Å². The molecule has 140 valence electrons. The van der Waals surface area contributed by atoms with Gasteiger partial charge in [-0.25, -0.2) is 4.98 Å². The van der Waals surface area contributed by atoms with Crippen LogP contribution in [0, 0.1) is 13.8 Å². The average molecular weight is 363 g/mol. The molecule has 1 atom stereocenters. The van der Waals surface area contributed by atoms with Gasteiger partial charge in [0.15, 0.2) is 0 Å². The van der Waals surface area contributed by atoms with Crippen molar-refractivity contribution in [2.45, 2.75) is 26.3 Å². The number of carbonyl (C=O) groups is 2. The van der Waals surface area contributed by atoms with Gasteiger partial charge in [-0.3, -0.25) is 9.59 Å². The third-order valence-corrected chi connectivity index (χ3v) is 4.86. The number of nitrogens with zero attached hydrogens (tertiary/aromatic N) is 3. The van der Waals surface area contributed by atoms with Gasteiger partial charge in [0, 0.05) is 25.3 Å². The molecule has 5 heteroatoms. The number of benzene rings is 1. The van der Waals surface area contributed by atoms with Gasteiger partial charge < -0.3 is 9.80 Å². The Balaban J connectivity index is 1.81. The molecule has 5 nitrogen and oxygen atoms in total. The molecule has 2 amide bonds. The number of aromatic nitrogens is 1. The van der Waals surface area contributed by atoms with Crippen molar-refractivity contribution in [3.05, 3.63) is 77.6 Å². The largest absolute Gasteiger partial charge is 0.333 e. The van der Waals surface area contributed by atoms with E-state index in [2.05, 4.69) is 11.6 Å². The summed E-state index contributed by atoms with van der Waals surface area (Å²) < 4.78 is 0. The van der Waals surface area contributed by atoms with Crippen LogP contribution in [0.4, 0.5) is 0 Å². The maximum absolute atomic E-state index is 13.0. The monoisotopic (exact) mass is 363 g/mol. The van der Waals surface area contributed by atoms with Gasteiger partial charge in [0.25, 0.3) is 5.91 Å². The first-order valence-electron chi connectivity index (χ1n) is 9.19. The van der Waals surface area contributed by atoms with Crippen molar-refractivity contribution in [1.29, 1.82) is 0 Å². The second-order valence-electron chi connectivity index (χ2n) is 7.00. The predicted molar refractivity (Wildman–Crippen MR) is 105 cm³/mol. The lowest BCUT2D eigenvalue weighted by Crippen LogP contribution is -2.57. The van der Waals surface area contributed by atoms with Gasteiger partial charge in [0.2, 0.25) is 5.91 Å². The zero-order chi connectivity index (χ0) is 19.4. The van der Waals surface area contributed by atoms with Gasteiger partial charge in [-0.05, 0) is 49.6 Å².